The van der Waals surface area contributed by atoms with Gasteiger partial charge in [-0.3, -0.25) is 4.79 Å². The summed E-state index contributed by atoms with van der Waals surface area (Å²) < 4.78 is 0.836. The van der Waals surface area contributed by atoms with Gasteiger partial charge in [0, 0.05) is 4.47 Å². The molecule has 3 nitrogen and oxygen atoms in total. The van der Waals surface area contributed by atoms with Crippen LogP contribution in [0.15, 0.2) is 28.7 Å². The molecule has 0 spiro atoms. The number of carboxylic acids is 1. The van der Waals surface area contributed by atoms with Gasteiger partial charge in [0.25, 0.3) is 0 Å². The first-order valence-electron chi connectivity index (χ1n) is 5.73. The maximum absolute atomic E-state index is 11.4. The zero-order valence-electron chi connectivity index (χ0n) is 9.40. The molecule has 1 atom stereocenters. The third kappa shape index (κ3) is 2.53. The molecule has 92 valence electrons. The Kier molecular flexibility index (Phi) is 3.54. The third-order valence-corrected chi connectivity index (χ3v) is 3.93. The van der Waals surface area contributed by atoms with E-state index in [1.807, 2.05) is 6.07 Å². The molecule has 4 heteroatoms. The standard InChI is InChI=1S/C13H15BrO3/c14-10-5-3-4-9(8-10)11(12(15)16)13(17)6-1-2-7-13/h3-5,8,11,17H,1-2,6-7H2,(H,15,16). The monoisotopic (exact) mass is 298 g/mol. The third-order valence-electron chi connectivity index (χ3n) is 3.44. The summed E-state index contributed by atoms with van der Waals surface area (Å²) in [6.45, 7) is 0. The molecule has 17 heavy (non-hydrogen) atoms. The van der Waals surface area contributed by atoms with Crippen LogP contribution in [0.4, 0.5) is 0 Å². The minimum atomic E-state index is -1.09. The average molecular weight is 299 g/mol. The Bertz CT molecular complexity index is 424. The fraction of sp³-hybridized carbons (Fsp3) is 0.462. The average Bonchev–Trinajstić information content (AvgIpc) is 2.65. The highest BCUT2D eigenvalue weighted by Crippen LogP contribution is 2.41. The summed E-state index contributed by atoms with van der Waals surface area (Å²) in [5.41, 5.74) is -0.427. The van der Waals surface area contributed by atoms with Crippen molar-refractivity contribution in [1.29, 1.82) is 0 Å². The minimum Gasteiger partial charge on any atom is -0.481 e. The summed E-state index contributed by atoms with van der Waals surface area (Å²) >= 11 is 3.33. The van der Waals surface area contributed by atoms with Gasteiger partial charge in [0.05, 0.1) is 5.60 Å². The quantitative estimate of drug-likeness (QED) is 0.902. The highest BCUT2D eigenvalue weighted by atomic mass is 79.9. The topological polar surface area (TPSA) is 57.5 Å². The van der Waals surface area contributed by atoms with E-state index in [0.29, 0.717) is 18.4 Å². The summed E-state index contributed by atoms with van der Waals surface area (Å²) in [6.07, 6.45) is 2.93. The van der Waals surface area contributed by atoms with Gasteiger partial charge in [-0.15, -0.1) is 0 Å². The molecular weight excluding hydrogens is 284 g/mol. The summed E-state index contributed by atoms with van der Waals surface area (Å²) in [7, 11) is 0. The molecule has 0 bridgehead atoms. The SMILES string of the molecule is O=C(O)C(c1cccc(Br)c1)C1(O)CCCC1. The van der Waals surface area contributed by atoms with Crippen molar-refractivity contribution in [2.45, 2.75) is 37.2 Å². The second-order valence-corrected chi connectivity index (χ2v) is 5.55. The molecule has 2 rings (SSSR count). The highest BCUT2D eigenvalue weighted by molar-refractivity contribution is 9.10. The van der Waals surface area contributed by atoms with Gasteiger partial charge in [-0.1, -0.05) is 40.9 Å². The number of hydrogen-bond donors (Lipinski definition) is 2. The number of hydrogen-bond acceptors (Lipinski definition) is 2. The van der Waals surface area contributed by atoms with Crippen molar-refractivity contribution in [3.63, 3.8) is 0 Å². The van der Waals surface area contributed by atoms with Gasteiger partial charge in [0.2, 0.25) is 0 Å². The maximum atomic E-state index is 11.4. The van der Waals surface area contributed by atoms with E-state index in [4.69, 9.17) is 0 Å². The normalized spacial score (nSPS) is 20.1. The van der Waals surface area contributed by atoms with E-state index in [1.165, 1.54) is 0 Å². The maximum Gasteiger partial charge on any atom is 0.313 e. The molecule has 1 aromatic carbocycles. The first kappa shape index (κ1) is 12.6. The molecule has 0 amide bonds. The minimum absolute atomic E-state index is 0.566. The van der Waals surface area contributed by atoms with Gasteiger partial charge < -0.3 is 10.2 Å². The first-order valence-corrected chi connectivity index (χ1v) is 6.53. The van der Waals surface area contributed by atoms with Crippen LogP contribution in [0.1, 0.15) is 37.2 Å². The number of carbonyl (C=O) groups is 1. The van der Waals surface area contributed by atoms with Crippen molar-refractivity contribution in [2.24, 2.45) is 0 Å². The van der Waals surface area contributed by atoms with E-state index in [9.17, 15) is 15.0 Å². The molecular formula is C13H15BrO3. The predicted molar refractivity (Wildman–Crippen MR) is 67.9 cm³/mol. The van der Waals surface area contributed by atoms with Gasteiger partial charge in [0.15, 0.2) is 0 Å². The van der Waals surface area contributed by atoms with E-state index < -0.39 is 17.5 Å². The zero-order chi connectivity index (χ0) is 12.5. The molecule has 0 heterocycles. The smallest absolute Gasteiger partial charge is 0.313 e. The Labute approximate surface area is 109 Å². The van der Waals surface area contributed by atoms with Crippen LogP contribution in [0.25, 0.3) is 0 Å². The first-order chi connectivity index (χ1) is 8.03. The Morgan fingerprint density at radius 2 is 2.00 bits per heavy atom. The van der Waals surface area contributed by atoms with E-state index >= 15 is 0 Å². The number of rotatable bonds is 3. The number of aliphatic carboxylic acids is 1. The van der Waals surface area contributed by atoms with Crippen molar-refractivity contribution < 1.29 is 15.0 Å². The lowest BCUT2D eigenvalue weighted by Crippen LogP contribution is -2.38. The molecule has 1 fully saturated rings. The summed E-state index contributed by atoms with van der Waals surface area (Å²) in [4.78, 5) is 11.4. The molecule has 1 unspecified atom stereocenters. The second kappa shape index (κ2) is 4.78. The van der Waals surface area contributed by atoms with E-state index in [-0.39, 0.29) is 0 Å². The largest absolute Gasteiger partial charge is 0.481 e. The number of benzene rings is 1. The van der Waals surface area contributed by atoms with Crippen LogP contribution in [0.5, 0.6) is 0 Å². The Morgan fingerprint density at radius 1 is 1.35 bits per heavy atom. The number of aliphatic hydroxyl groups is 1. The summed E-state index contributed by atoms with van der Waals surface area (Å²) in [6, 6.07) is 7.18. The van der Waals surface area contributed by atoms with Crippen LogP contribution < -0.4 is 0 Å². The lowest BCUT2D eigenvalue weighted by molar-refractivity contribution is -0.145. The van der Waals surface area contributed by atoms with Crippen molar-refractivity contribution in [3.8, 4) is 0 Å². The molecule has 1 aliphatic rings. The van der Waals surface area contributed by atoms with Gasteiger partial charge >= 0.3 is 5.97 Å². The van der Waals surface area contributed by atoms with Crippen LogP contribution in [0.3, 0.4) is 0 Å². The van der Waals surface area contributed by atoms with E-state index in [0.717, 1.165) is 17.3 Å². The van der Waals surface area contributed by atoms with Crippen molar-refractivity contribution in [1.82, 2.24) is 0 Å². The van der Waals surface area contributed by atoms with Crippen LogP contribution >= 0.6 is 15.9 Å². The lowest BCUT2D eigenvalue weighted by atomic mass is 9.81. The zero-order valence-corrected chi connectivity index (χ0v) is 11.0. The predicted octanol–water partition coefficient (Wildman–Crippen LogP) is 2.92. The Hall–Kier alpha value is -0.870. The molecule has 1 aromatic rings. The molecule has 0 aliphatic heterocycles. The van der Waals surface area contributed by atoms with Gasteiger partial charge in [-0.2, -0.15) is 0 Å². The molecule has 1 saturated carbocycles. The van der Waals surface area contributed by atoms with Crippen LogP contribution in [0, 0.1) is 0 Å². The molecule has 0 aromatic heterocycles. The molecule has 1 aliphatic carbocycles. The van der Waals surface area contributed by atoms with Gasteiger partial charge in [0.1, 0.15) is 5.92 Å². The van der Waals surface area contributed by atoms with E-state index in [1.54, 1.807) is 18.2 Å². The number of carboxylic acid groups (broad SMARTS) is 1. The fourth-order valence-electron chi connectivity index (χ4n) is 2.64. The van der Waals surface area contributed by atoms with Gasteiger partial charge in [-0.25, -0.2) is 0 Å². The van der Waals surface area contributed by atoms with Gasteiger partial charge in [-0.05, 0) is 30.5 Å². The molecule has 0 radical (unpaired) electrons. The van der Waals surface area contributed by atoms with Crippen molar-refractivity contribution >= 4 is 21.9 Å². The van der Waals surface area contributed by atoms with Crippen LogP contribution in [-0.4, -0.2) is 21.8 Å². The molecule has 0 saturated heterocycles. The molecule has 2 N–H and O–H groups in total. The highest BCUT2D eigenvalue weighted by Gasteiger charge is 2.44. The van der Waals surface area contributed by atoms with Crippen LogP contribution in [-0.2, 0) is 4.79 Å². The second-order valence-electron chi connectivity index (χ2n) is 4.64. The van der Waals surface area contributed by atoms with E-state index in [2.05, 4.69) is 15.9 Å². The Balaban J connectivity index is 2.39. The van der Waals surface area contributed by atoms with Crippen LogP contribution in [0.2, 0.25) is 0 Å². The Morgan fingerprint density at radius 3 is 2.53 bits per heavy atom. The number of halogens is 1. The summed E-state index contributed by atoms with van der Waals surface area (Å²) in [5.74, 6) is -1.78. The lowest BCUT2D eigenvalue weighted by Gasteiger charge is -2.29. The van der Waals surface area contributed by atoms with Crippen molar-refractivity contribution in [3.05, 3.63) is 34.3 Å². The fourth-order valence-corrected chi connectivity index (χ4v) is 3.06. The van der Waals surface area contributed by atoms with Crippen molar-refractivity contribution in [2.75, 3.05) is 0 Å². The summed E-state index contributed by atoms with van der Waals surface area (Å²) in [5, 5.41) is 19.8.